The van der Waals surface area contributed by atoms with Gasteiger partial charge in [0.15, 0.2) is 5.76 Å². The summed E-state index contributed by atoms with van der Waals surface area (Å²) in [5.74, 6) is 1.42. The highest BCUT2D eigenvalue weighted by Crippen LogP contribution is 2.25. The molecule has 0 amide bonds. The molecule has 0 aliphatic rings. The Labute approximate surface area is 105 Å². The van der Waals surface area contributed by atoms with Crippen LogP contribution in [-0.2, 0) is 0 Å². The number of rotatable bonds is 2. The van der Waals surface area contributed by atoms with Crippen molar-refractivity contribution in [2.24, 2.45) is 0 Å². The van der Waals surface area contributed by atoms with Gasteiger partial charge in [-0.15, -0.1) is 10.2 Å². The van der Waals surface area contributed by atoms with E-state index in [4.69, 9.17) is 8.83 Å². The van der Waals surface area contributed by atoms with Gasteiger partial charge in [0, 0.05) is 10.0 Å². The highest BCUT2D eigenvalue weighted by molar-refractivity contribution is 9.10. The van der Waals surface area contributed by atoms with Gasteiger partial charge in [-0.3, -0.25) is 0 Å². The van der Waals surface area contributed by atoms with Crippen LogP contribution in [0.5, 0.6) is 0 Å². The maximum absolute atomic E-state index is 5.53. The molecule has 0 N–H and O–H groups in total. The van der Waals surface area contributed by atoms with Crippen molar-refractivity contribution in [1.29, 1.82) is 0 Å². The van der Waals surface area contributed by atoms with E-state index in [0.717, 1.165) is 10.0 Å². The van der Waals surface area contributed by atoms with Crippen LogP contribution in [0.2, 0.25) is 0 Å². The third-order valence-electron chi connectivity index (χ3n) is 2.23. The summed E-state index contributed by atoms with van der Waals surface area (Å²) in [5, 5.41) is 7.93. The zero-order chi connectivity index (χ0) is 11.7. The number of benzene rings is 1. The molecule has 1 aromatic carbocycles. The molecule has 17 heavy (non-hydrogen) atoms. The highest BCUT2D eigenvalue weighted by atomic mass is 79.9. The fraction of sp³-hybridized carbons (Fsp3) is 0. The van der Waals surface area contributed by atoms with Crippen molar-refractivity contribution in [2.75, 3.05) is 0 Å². The normalized spacial score (nSPS) is 10.6. The van der Waals surface area contributed by atoms with Crippen LogP contribution in [-0.4, -0.2) is 10.2 Å². The van der Waals surface area contributed by atoms with Gasteiger partial charge in [0.25, 0.3) is 5.89 Å². The Balaban J connectivity index is 2.01. The summed E-state index contributed by atoms with van der Waals surface area (Å²) >= 11 is 3.40. The molecule has 0 atom stereocenters. The van der Waals surface area contributed by atoms with Crippen molar-refractivity contribution in [1.82, 2.24) is 10.2 Å². The third-order valence-corrected chi connectivity index (χ3v) is 2.72. The second-order valence-corrected chi connectivity index (χ2v) is 4.32. The molecule has 0 aliphatic carbocycles. The Hall–Kier alpha value is -1.88. The summed E-state index contributed by atoms with van der Waals surface area (Å²) in [4.78, 5) is 0. The van der Waals surface area contributed by atoms with Gasteiger partial charge in [-0.2, -0.15) is 0 Å². The van der Waals surface area contributed by atoms with Crippen LogP contribution < -0.4 is 0 Å². The minimum Gasteiger partial charge on any atom is -0.459 e. The van der Waals surface area contributed by atoms with Crippen molar-refractivity contribution in [3.63, 3.8) is 0 Å². The first-order valence-corrected chi connectivity index (χ1v) is 5.75. The second kappa shape index (κ2) is 4.18. The Morgan fingerprint density at radius 3 is 2.65 bits per heavy atom. The van der Waals surface area contributed by atoms with Crippen molar-refractivity contribution in [2.45, 2.75) is 0 Å². The minimum absolute atomic E-state index is 0.380. The van der Waals surface area contributed by atoms with E-state index in [1.807, 2.05) is 24.3 Å². The van der Waals surface area contributed by atoms with E-state index in [9.17, 15) is 0 Å². The Bertz CT molecular complexity index is 632. The first-order valence-electron chi connectivity index (χ1n) is 4.96. The van der Waals surface area contributed by atoms with Crippen LogP contribution in [0.15, 0.2) is 56.0 Å². The molecule has 0 unspecified atom stereocenters. The molecule has 0 aliphatic heterocycles. The molecule has 2 heterocycles. The summed E-state index contributed by atoms with van der Waals surface area (Å²) in [6, 6.07) is 11.2. The molecule has 4 nitrogen and oxygen atoms in total. The number of hydrogen-bond donors (Lipinski definition) is 0. The van der Waals surface area contributed by atoms with Gasteiger partial charge in [-0.05, 0) is 30.3 Å². The van der Waals surface area contributed by atoms with Gasteiger partial charge in [0.2, 0.25) is 5.89 Å². The van der Waals surface area contributed by atoms with Gasteiger partial charge >= 0.3 is 0 Å². The van der Waals surface area contributed by atoms with Crippen molar-refractivity contribution in [3.05, 3.63) is 47.1 Å². The number of furan rings is 1. The van der Waals surface area contributed by atoms with Crippen LogP contribution in [0.25, 0.3) is 23.1 Å². The van der Waals surface area contributed by atoms with Crippen molar-refractivity contribution in [3.8, 4) is 23.1 Å². The van der Waals surface area contributed by atoms with Crippen LogP contribution >= 0.6 is 15.9 Å². The predicted molar refractivity (Wildman–Crippen MR) is 65.1 cm³/mol. The lowest BCUT2D eigenvalue weighted by Crippen LogP contribution is -1.76. The molecule has 0 radical (unpaired) electrons. The summed E-state index contributed by atoms with van der Waals surface area (Å²) in [5.41, 5.74) is 0.865. The van der Waals surface area contributed by atoms with E-state index in [1.165, 1.54) is 0 Å². The topological polar surface area (TPSA) is 52.1 Å². The predicted octanol–water partition coefficient (Wildman–Crippen LogP) is 3.76. The van der Waals surface area contributed by atoms with E-state index >= 15 is 0 Å². The SMILES string of the molecule is Brc1cccc(-c2nnc(-c3ccco3)o2)c1. The molecular weight excluding hydrogens is 284 g/mol. The fourth-order valence-corrected chi connectivity index (χ4v) is 1.86. The van der Waals surface area contributed by atoms with E-state index < -0.39 is 0 Å². The van der Waals surface area contributed by atoms with Gasteiger partial charge in [-0.1, -0.05) is 22.0 Å². The Morgan fingerprint density at radius 1 is 1.00 bits per heavy atom. The van der Waals surface area contributed by atoms with Gasteiger partial charge in [0.05, 0.1) is 6.26 Å². The summed E-state index contributed by atoms with van der Waals surface area (Å²) in [7, 11) is 0. The smallest absolute Gasteiger partial charge is 0.283 e. The highest BCUT2D eigenvalue weighted by Gasteiger charge is 2.12. The van der Waals surface area contributed by atoms with Crippen LogP contribution in [0.3, 0.4) is 0 Å². The number of hydrogen-bond acceptors (Lipinski definition) is 4. The third kappa shape index (κ3) is 2.01. The lowest BCUT2D eigenvalue weighted by atomic mass is 10.2. The Morgan fingerprint density at radius 2 is 1.88 bits per heavy atom. The lowest BCUT2D eigenvalue weighted by molar-refractivity contribution is 0.523. The molecule has 3 rings (SSSR count). The monoisotopic (exact) mass is 290 g/mol. The first-order chi connectivity index (χ1) is 8.33. The standard InChI is InChI=1S/C12H7BrN2O2/c13-9-4-1-3-8(7-9)11-14-15-12(17-11)10-5-2-6-16-10/h1-7H. The van der Waals surface area contributed by atoms with Crippen molar-refractivity contribution >= 4 is 15.9 Å². The van der Waals surface area contributed by atoms with Gasteiger partial charge in [0.1, 0.15) is 0 Å². The molecule has 0 fully saturated rings. The van der Waals surface area contributed by atoms with Crippen LogP contribution in [0, 0.1) is 0 Å². The maximum atomic E-state index is 5.53. The number of halogens is 1. The molecule has 84 valence electrons. The summed E-state index contributed by atoms with van der Waals surface area (Å²) in [6.45, 7) is 0. The summed E-state index contributed by atoms with van der Waals surface area (Å²) in [6.07, 6.45) is 1.57. The molecule has 0 saturated carbocycles. The van der Waals surface area contributed by atoms with E-state index in [2.05, 4.69) is 26.1 Å². The minimum atomic E-state index is 0.380. The Kier molecular flexibility index (Phi) is 2.53. The van der Waals surface area contributed by atoms with Crippen LogP contribution in [0.1, 0.15) is 0 Å². The first kappa shape index (κ1) is 10.3. The van der Waals surface area contributed by atoms with Gasteiger partial charge < -0.3 is 8.83 Å². The molecule has 0 saturated heterocycles. The quantitative estimate of drug-likeness (QED) is 0.721. The fourth-order valence-electron chi connectivity index (χ4n) is 1.46. The molecule has 2 aromatic heterocycles. The van der Waals surface area contributed by atoms with Crippen molar-refractivity contribution < 1.29 is 8.83 Å². The second-order valence-electron chi connectivity index (χ2n) is 3.40. The maximum Gasteiger partial charge on any atom is 0.283 e. The zero-order valence-corrected chi connectivity index (χ0v) is 10.2. The molecular formula is C12H7BrN2O2. The average Bonchev–Trinajstić information content (AvgIpc) is 3.00. The zero-order valence-electron chi connectivity index (χ0n) is 8.63. The molecule has 5 heteroatoms. The molecule has 3 aromatic rings. The molecule has 0 bridgehead atoms. The van der Waals surface area contributed by atoms with Crippen LogP contribution in [0.4, 0.5) is 0 Å². The average molecular weight is 291 g/mol. The van der Waals surface area contributed by atoms with Gasteiger partial charge in [-0.25, -0.2) is 0 Å². The lowest BCUT2D eigenvalue weighted by Gasteiger charge is -1.94. The summed E-state index contributed by atoms with van der Waals surface area (Å²) < 4.78 is 11.7. The van der Waals surface area contributed by atoms with E-state index in [1.54, 1.807) is 18.4 Å². The van der Waals surface area contributed by atoms with E-state index in [0.29, 0.717) is 17.5 Å². The van der Waals surface area contributed by atoms with E-state index in [-0.39, 0.29) is 0 Å². The number of aromatic nitrogens is 2. The largest absolute Gasteiger partial charge is 0.459 e. The molecule has 0 spiro atoms. The number of nitrogens with zero attached hydrogens (tertiary/aromatic N) is 2.